The van der Waals surface area contributed by atoms with Crippen molar-refractivity contribution in [2.75, 3.05) is 26.2 Å². The highest BCUT2D eigenvalue weighted by molar-refractivity contribution is 4.71. The molecule has 1 heterocycles. The highest BCUT2D eigenvalue weighted by Gasteiger charge is 2.20. The zero-order valence-corrected chi connectivity index (χ0v) is 7.88. The lowest BCUT2D eigenvalue weighted by Gasteiger charge is -2.08. The molecule has 0 aromatic heterocycles. The van der Waals surface area contributed by atoms with Crippen LogP contribution >= 0.6 is 0 Å². The summed E-state index contributed by atoms with van der Waals surface area (Å²) in [6, 6.07) is 0. The fourth-order valence-electron chi connectivity index (χ4n) is 1.58. The molecule has 0 spiro atoms. The number of hydrogen-bond donors (Lipinski definition) is 2. The first-order chi connectivity index (χ1) is 5.83. The van der Waals surface area contributed by atoms with Crippen molar-refractivity contribution in [2.45, 2.75) is 25.9 Å². The van der Waals surface area contributed by atoms with Crippen LogP contribution in [-0.2, 0) is 4.74 Å². The third-order valence-electron chi connectivity index (χ3n) is 2.27. The van der Waals surface area contributed by atoms with E-state index in [-0.39, 0.29) is 0 Å². The van der Waals surface area contributed by atoms with Crippen molar-refractivity contribution in [3.05, 3.63) is 0 Å². The van der Waals surface area contributed by atoms with Crippen molar-refractivity contribution in [1.82, 2.24) is 5.32 Å². The summed E-state index contributed by atoms with van der Waals surface area (Å²) in [5.41, 5.74) is 5.38. The summed E-state index contributed by atoms with van der Waals surface area (Å²) >= 11 is 0. The summed E-state index contributed by atoms with van der Waals surface area (Å²) in [5, 5.41) is 3.39. The van der Waals surface area contributed by atoms with Gasteiger partial charge in [0.15, 0.2) is 0 Å². The van der Waals surface area contributed by atoms with Crippen LogP contribution in [0.1, 0.15) is 19.8 Å². The minimum atomic E-state index is 0.464. The molecule has 0 radical (unpaired) electrons. The fourth-order valence-corrected chi connectivity index (χ4v) is 1.58. The van der Waals surface area contributed by atoms with Gasteiger partial charge in [0.2, 0.25) is 0 Å². The highest BCUT2D eigenvalue weighted by Crippen LogP contribution is 2.17. The van der Waals surface area contributed by atoms with Crippen LogP contribution in [0.3, 0.4) is 0 Å². The van der Waals surface area contributed by atoms with Crippen molar-refractivity contribution in [3.8, 4) is 0 Å². The first-order valence-corrected chi connectivity index (χ1v) is 4.85. The van der Waals surface area contributed by atoms with E-state index in [1.54, 1.807) is 0 Å². The predicted molar refractivity (Wildman–Crippen MR) is 50.1 cm³/mol. The molecule has 3 heteroatoms. The van der Waals surface area contributed by atoms with Gasteiger partial charge < -0.3 is 15.8 Å². The Morgan fingerprint density at radius 2 is 2.42 bits per heavy atom. The average molecular weight is 172 g/mol. The van der Waals surface area contributed by atoms with Gasteiger partial charge in [-0.3, -0.25) is 0 Å². The summed E-state index contributed by atoms with van der Waals surface area (Å²) < 4.78 is 5.46. The van der Waals surface area contributed by atoms with Crippen LogP contribution in [-0.4, -0.2) is 32.3 Å². The van der Waals surface area contributed by atoms with E-state index in [2.05, 4.69) is 12.2 Å². The minimum Gasteiger partial charge on any atom is -0.378 e. The number of nitrogens with two attached hydrogens (primary N) is 1. The zero-order chi connectivity index (χ0) is 8.81. The normalized spacial score (nSPS) is 29.5. The Labute approximate surface area is 74.7 Å². The van der Waals surface area contributed by atoms with E-state index in [1.807, 2.05) is 0 Å². The van der Waals surface area contributed by atoms with Gasteiger partial charge >= 0.3 is 0 Å². The molecule has 2 atom stereocenters. The molecule has 0 saturated carbocycles. The lowest BCUT2D eigenvalue weighted by molar-refractivity contribution is 0.120. The molecule has 0 aromatic carbocycles. The second kappa shape index (κ2) is 5.51. The van der Waals surface area contributed by atoms with Crippen LogP contribution in [0.2, 0.25) is 0 Å². The Kier molecular flexibility index (Phi) is 4.58. The van der Waals surface area contributed by atoms with Crippen LogP contribution in [0.15, 0.2) is 0 Å². The first kappa shape index (κ1) is 9.96. The number of rotatable bonds is 5. The summed E-state index contributed by atoms with van der Waals surface area (Å²) in [6.45, 7) is 5.98. The SMILES string of the molecule is CC1CC(CNCCCN)CO1. The molecule has 0 bridgehead atoms. The molecule has 2 unspecified atom stereocenters. The molecule has 1 fully saturated rings. The molecule has 12 heavy (non-hydrogen) atoms. The number of nitrogens with one attached hydrogen (secondary N) is 1. The van der Waals surface area contributed by atoms with E-state index in [0.717, 1.165) is 38.6 Å². The van der Waals surface area contributed by atoms with Crippen LogP contribution < -0.4 is 11.1 Å². The fraction of sp³-hybridized carbons (Fsp3) is 1.00. The molecule has 3 nitrogen and oxygen atoms in total. The van der Waals surface area contributed by atoms with Crippen LogP contribution in [0.25, 0.3) is 0 Å². The first-order valence-electron chi connectivity index (χ1n) is 4.85. The van der Waals surface area contributed by atoms with Gasteiger partial charge in [0.05, 0.1) is 12.7 Å². The Morgan fingerprint density at radius 3 is 3.00 bits per heavy atom. The quantitative estimate of drug-likeness (QED) is 0.588. The molecule has 0 aliphatic carbocycles. The van der Waals surface area contributed by atoms with E-state index in [9.17, 15) is 0 Å². The lowest BCUT2D eigenvalue weighted by Crippen LogP contribution is -2.25. The van der Waals surface area contributed by atoms with Gasteiger partial charge in [-0.25, -0.2) is 0 Å². The molecular formula is C9H20N2O. The van der Waals surface area contributed by atoms with E-state index < -0.39 is 0 Å². The Morgan fingerprint density at radius 1 is 1.58 bits per heavy atom. The van der Waals surface area contributed by atoms with E-state index >= 15 is 0 Å². The van der Waals surface area contributed by atoms with Gasteiger partial charge in [0.1, 0.15) is 0 Å². The van der Waals surface area contributed by atoms with Gasteiger partial charge in [0, 0.05) is 6.54 Å². The van der Waals surface area contributed by atoms with Crippen molar-refractivity contribution in [1.29, 1.82) is 0 Å². The highest BCUT2D eigenvalue weighted by atomic mass is 16.5. The van der Waals surface area contributed by atoms with Gasteiger partial charge in [-0.2, -0.15) is 0 Å². The van der Waals surface area contributed by atoms with Crippen molar-refractivity contribution >= 4 is 0 Å². The van der Waals surface area contributed by atoms with Crippen LogP contribution in [0, 0.1) is 5.92 Å². The third kappa shape index (κ3) is 3.52. The summed E-state index contributed by atoms with van der Waals surface area (Å²) in [6.07, 6.45) is 2.74. The predicted octanol–water partition coefficient (Wildman–Crippen LogP) is 0.350. The Hall–Kier alpha value is -0.120. The molecule has 1 saturated heterocycles. The summed E-state index contributed by atoms with van der Waals surface area (Å²) in [4.78, 5) is 0. The zero-order valence-electron chi connectivity index (χ0n) is 7.88. The van der Waals surface area contributed by atoms with Gasteiger partial charge in [0.25, 0.3) is 0 Å². The maximum atomic E-state index is 5.46. The molecule has 3 N–H and O–H groups in total. The average Bonchev–Trinajstić information content (AvgIpc) is 2.45. The maximum Gasteiger partial charge on any atom is 0.0551 e. The molecule has 1 rings (SSSR count). The van der Waals surface area contributed by atoms with Crippen molar-refractivity contribution in [3.63, 3.8) is 0 Å². The van der Waals surface area contributed by atoms with Crippen LogP contribution in [0.5, 0.6) is 0 Å². The van der Waals surface area contributed by atoms with Gasteiger partial charge in [-0.1, -0.05) is 0 Å². The molecule has 1 aliphatic rings. The number of ether oxygens (including phenoxy) is 1. The monoisotopic (exact) mass is 172 g/mol. The smallest absolute Gasteiger partial charge is 0.0551 e. The van der Waals surface area contributed by atoms with Gasteiger partial charge in [-0.05, 0) is 38.8 Å². The molecule has 0 amide bonds. The molecule has 0 aromatic rings. The van der Waals surface area contributed by atoms with Crippen LogP contribution in [0.4, 0.5) is 0 Å². The topological polar surface area (TPSA) is 47.3 Å². The lowest BCUT2D eigenvalue weighted by atomic mass is 10.1. The van der Waals surface area contributed by atoms with E-state index in [1.165, 1.54) is 6.42 Å². The molecule has 1 aliphatic heterocycles. The summed E-state index contributed by atoms with van der Waals surface area (Å²) in [5.74, 6) is 0.720. The maximum absolute atomic E-state index is 5.46. The standard InChI is InChI=1S/C9H20N2O/c1-8-5-9(7-12-8)6-11-4-2-3-10/h8-9,11H,2-7,10H2,1H3. The van der Waals surface area contributed by atoms with Crippen molar-refractivity contribution < 1.29 is 4.74 Å². The van der Waals surface area contributed by atoms with E-state index in [4.69, 9.17) is 10.5 Å². The Balaban J connectivity index is 1.93. The van der Waals surface area contributed by atoms with Gasteiger partial charge in [-0.15, -0.1) is 0 Å². The molecular weight excluding hydrogens is 152 g/mol. The second-order valence-electron chi connectivity index (χ2n) is 3.59. The minimum absolute atomic E-state index is 0.464. The molecule has 72 valence electrons. The van der Waals surface area contributed by atoms with Crippen molar-refractivity contribution in [2.24, 2.45) is 11.7 Å². The third-order valence-corrected chi connectivity index (χ3v) is 2.27. The second-order valence-corrected chi connectivity index (χ2v) is 3.59. The largest absolute Gasteiger partial charge is 0.378 e. The Bertz CT molecular complexity index is 119. The summed E-state index contributed by atoms with van der Waals surface area (Å²) in [7, 11) is 0. The van der Waals surface area contributed by atoms with E-state index in [0.29, 0.717) is 6.10 Å². The number of hydrogen-bond acceptors (Lipinski definition) is 3.